The summed E-state index contributed by atoms with van der Waals surface area (Å²) in [5.41, 5.74) is 0.883. The second kappa shape index (κ2) is 6.87. The summed E-state index contributed by atoms with van der Waals surface area (Å²) in [5, 5.41) is 0. The van der Waals surface area contributed by atoms with Crippen molar-refractivity contribution in [2.45, 2.75) is 19.8 Å². The molecule has 19 heavy (non-hydrogen) atoms. The summed E-state index contributed by atoms with van der Waals surface area (Å²) in [5.74, 6) is -1.23. The maximum atomic E-state index is 13.6. The lowest BCUT2D eigenvalue weighted by molar-refractivity contribution is -0.140. The summed E-state index contributed by atoms with van der Waals surface area (Å²) in [6, 6.07) is 4.42. The number of carbonyl (C=O) groups excluding carboxylic acids is 2. The van der Waals surface area contributed by atoms with Gasteiger partial charge in [0, 0.05) is 20.0 Å². The molecule has 0 radical (unpaired) electrons. The maximum absolute atomic E-state index is 13.6. The van der Waals surface area contributed by atoms with Gasteiger partial charge in [0.15, 0.2) is 0 Å². The second-order valence-corrected chi connectivity index (χ2v) is 4.39. The Balaban J connectivity index is 2.61. The summed E-state index contributed by atoms with van der Waals surface area (Å²) in [6.45, 7) is 2.18. The molecule has 0 saturated heterocycles. The summed E-state index contributed by atoms with van der Waals surface area (Å²) in [7, 11) is 2.90. The zero-order valence-electron chi connectivity index (χ0n) is 11.4. The zero-order chi connectivity index (χ0) is 14.4. The average Bonchev–Trinajstić information content (AvgIpc) is 2.40. The predicted molar refractivity (Wildman–Crippen MR) is 69.3 cm³/mol. The molecule has 0 saturated carbocycles. The van der Waals surface area contributed by atoms with E-state index >= 15 is 0 Å². The third kappa shape index (κ3) is 4.35. The van der Waals surface area contributed by atoms with E-state index in [4.69, 9.17) is 0 Å². The van der Waals surface area contributed by atoms with Crippen LogP contribution < -0.4 is 0 Å². The van der Waals surface area contributed by atoms with Gasteiger partial charge in [-0.25, -0.2) is 4.39 Å². The highest BCUT2D eigenvalue weighted by Gasteiger charge is 2.16. The molecule has 4 nitrogen and oxygen atoms in total. The van der Waals surface area contributed by atoms with Crippen molar-refractivity contribution in [2.24, 2.45) is 0 Å². The number of aryl methyl sites for hydroxylation is 1. The van der Waals surface area contributed by atoms with Crippen LogP contribution in [-0.2, 0) is 9.53 Å². The molecule has 0 atom stereocenters. The second-order valence-electron chi connectivity index (χ2n) is 4.39. The molecule has 1 rings (SSSR count). The number of amides is 1. The molecule has 0 aliphatic heterocycles. The molecule has 1 aromatic carbocycles. The van der Waals surface area contributed by atoms with Gasteiger partial charge in [0.2, 0.25) is 0 Å². The Hall–Kier alpha value is -1.91. The van der Waals surface area contributed by atoms with E-state index in [0.717, 1.165) is 5.56 Å². The summed E-state index contributed by atoms with van der Waals surface area (Å²) in [6.07, 6.45) is 0.729. The van der Waals surface area contributed by atoms with Gasteiger partial charge in [-0.2, -0.15) is 0 Å². The molecule has 5 heteroatoms. The van der Waals surface area contributed by atoms with Gasteiger partial charge in [0.25, 0.3) is 5.91 Å². The Bertz CT molecular complexity index is 474. The minimum atomic E-state index is -0.532. The van der Waals surface area contributed by atoms with Crippen LogP contribution in [0.4, 0.5) is 4.39 Å². The molecule has 104 valence electrons. The summed E-state index contributed by atoms with van der Waals surface area (Å²) >= 11 is 0. The van der Waals surface area contributed by atoms with Crippen molar-refractivity contribution in [3.05, 3.63) is 35.1 Å². The molecule has 0 N–H and O–H groups in total. The van der Waals surface area contributed by atoms with E-state index in [2.05, 4.69) is 4.74 Å². The van der Waals surface area contributed by atoms with Crippen LogP contribution in [-0.4, -0.2) is 37.5 Å². The predicted octanol–water partition coefficient (Wildman–Crippen LogP) is 2.16. The van der Waals surface area contributed by atoms with Crippen LogP contribution in [0.2, 0.25) is 0 Å². The molecule has 0 aliphatic carbocycles. The van der Waals surface area contributed by atoms with E-state index in [9.17, 15) is 14.0 Å². The number of carbonyl (C=O) groups is 2. The van der Waals surface area contributed by atoms with Crippen molar-refractivity contribution in [1.29, 1.82) is 0 Å². The first-order chi connectivity index (χ1) is 8.95. The Morgan fingerprint density at radius 1 is 1.37 bits per heavy atom. The van der Waals surface area contributed by atoms with Crippen LogP contribution in [0.5, 0.6) is 0 Å². The van der Waals surface area contributed by atoms with Crippen molar-refractivity contribution < 1.29 is 18.7 Å². The first kappa shape index (κ1) is 15.1. The molecular formula is C14H18FNO3. The number of hydrogen-bond acceptors (Lipinski definition) is 3. The van der Waals surface area contributed by atoms with Crippen LogP contribution in [0.25, 0.3) is 0 Å². The van der Waals surface area contributed by atoms with Gasteiger partial charge < -0.3 is 9.64 Å². The number of halogens is 1. The number of esters is 1. The van der Waals surface area contributed by atoms with Gasteiger partial charge >= 0.3 is 5.97 Å². The van der Waals surface area contributed by atoms with Crippen LogP contribution in [0.1, 0.15) is 28.8 Å². The van der Waals surface area contributed by atoms with Gasteiger partial charge in [-0.05, 0) is 25.5 Å². The molecular weight excluding hydrogens is 249 g/mol. The molecule has 1 amide bonds. The topological polar surface area (TPSA) is 46.6 Å². The zero-order valence-corrected chi connectivity index (χ0v) is 11.4. The quantitative estimate of drug-likeness (QED) is 0.768. The fraction of sp³-hybridized carbons (Fsp3) is 0.429. The number of methoxy groups -OCH3 is 1. The number of benzene rings is 1. The summed E-state index contributed by atoms with van der Waals surface area (Å²) in [4.78, 5) is 24.4. The highest BCUT2D eigenvalue weighted by Crippen LogP contribution is 2.12. The molecule has 1 aromatic rings. The van der Waals surface area contributed by atoms with Crippen molar-refractivity contribution in [1.82, 2.24) is 4.90 Å². The van der Waals surface area contributed by atoms with E-state index in [-0.39, 0.29) is 23.9 Å². The third-order valence-corrected chi connectivity index (χ3v) is 2.80. The maximum Gasteiger partial charge on any atom is 0.305 e. The van der Waals surface area contributed by atoms with Crippen LogP contribution in [0.3, 0.4) is 0 Å². The molecule has 0 spiro atoms. The lowest BCUT2D eigenvalue weighted by Gasteiger charge is -2.17. The van der Waals surface area contributed by atoms with Crippen molar-refractivity contribution in [2.75, 3.05) is 20.7 Å². The lowest BCUT2D eigenvalue weighted by Crippen LogP contribution is -2.29. The van der Waals surface area contributed by atoms with Gasteiger partial charge in [-0.3, -0.25) is 9.59 Å². The standard InChI is InChI=1S/C14H18FNO3/c1-10-6-7-12(15)11(9-10)14(18)16(2)8-4-5-13(17)19-3/h6-7,9H,4-5,8H2,1-3H3. The highest BCUT2D eigenvalue weighted by molar-refractivity contribution is 5.94. The van der Waals surface area contributed by atoms with Gasteiger partial charge in [0.1, 0.15) is 5.82 Å². The molecule has 0 unspecified atom stereocenters. The Morgan fingerprint density at radius 3 is 2.68 bits per heavy atom. The molecule has 0 fully saturated rings. The molecule has 0 aromatic heterocycles. The molecule has 0 aliphatic rings. The first-order valence-corrected chi connectivity index (χ1v) is 6.04. The molecule has 0 bridgehead atoms. The number of hydrogen-bond donors (Lipinski definition) is 0. The monoisotopic (exact) mass is 267 g/mol. The first-order valence-electron chi connectivity index (χ1n) is 6.04. The van der Waals surface area contributed by atoms with Crippen LogP contribution in [0, 0.1) is 12.7 Å². The third-order valence-electron chi connectivity index (χ3n) is 2.80. The minimum absolute atomic E-state index is 0.0561. The van der Waals surface area contributed by atoms with Gasteiger partial charge in [0.05, 0.1) is 12.7 Å². The number of rotatable bonds is 5. The van der Waals surface area contributed by atoms with Gasteiger partial charge in [-0.15, -0.1) is 0 Å². The SMILES string of the molecule is COC(=O)CCCN(C)C(=O)c1cc(C)ccc1F. The Labute approximate surface area is 112 Å². The smallest absolute Gasteiger partial charge is 0.305 e. The Morgan fingerprint density at radius 2 is 2.05 bits per heavy atom. The van der Waals surface area contributed by atoms with E-state index in [1.807, 2.05) is 0 Å². The van der Waals surface area contributed by atoms with Crippen molar-refractivity contribution in [3.8, 4) is 0 Å². The van der Waals surface area contributed by atoms with E-state index in [1.54, 1.807) is 20.0 Å². The van der Waals surface area contributed by atoms with E-state index < -0.39 is 5.82 Å². The van der Waals surface area contributed by atoms with Gasteiger partial charge in [-0.1, -0.05) is 11.6 Å². The number of nitrogens with zero attached hydrogens (tertiary/aromatic N) is 1. The van der Waals surface area contributed by atoms with E-state index in [0.29, 0.717) is 13.0 Å². The lowest BCUT2D eigenvalue weighted by atomic mass is 10.1. The Kier molecular flexibility index (Phi) is 5.48. The van der Waals surface area contributed by atoms with Crippen LogP contribution >= 0.6 is 0 Å². The van der Waals surface area contributed by atoms with Crippen LogP contribution in [0.15, 0.2) is 18.2 Å². The summed E-state index contributed by atoms with van der Waals surface area (Å²) < 4.78 is 18.1. The van der Waals surface area contributed by atoms with Crippen molar-refractivity contribution in [3.63, 3.8) is 0 Å². The average molecular weight is 267 g/mol. The molecule has 0 heterocycles. The fourth-order valence-corrected chi connectivity index (χ4v) is 1.67. The van der Waals surface area contributed by atoms with Crippen molar-refractivity contribution >= 4 is 11.9 Å². The number of ether oxygens (including phenoxy) is 1. The largest absolute Gasteiger partial charge is 0.469 e. The minimum Gasteiger partial charge on any atom is -0.469 e. The van der Waals surface area contributed by atoms with E-state index in [1.165, 1.54) is 24.1 Å². The highest BCUT2D eigenvalue weighted by atomic mass is 19.1. The normalized spacial score (nSPS) is 10.1. The fourth-order valence-electron chi connectivity index (χ4n) is 1.67.